The van der Waals surface area contributed by atoms with Crippen LogP contribution in [-0.2, 0) is 9.47 Å². The second-order valence-corrected chi connectivity index (χ2v) is 5.47. The maximum atomic E-state index is 5.59. The lowest BCUT2D eigenvalue weighted by molar-refractivity contribution is 0.0560. The van der Waals surface area contributed by atoms with Gasteiger partial charge in [0.2, 0.25) is 0 Å². The molecular weight excluding hydrogens is 214 g/mol. The first-order chi connectivity index (χ1) is 8.22. The average molecular weight is 243 g/mol. The SMILES string of the molecule is COC1CCCC(NCCOCCC(C)C)C1. The summed E-state index contributed by atoms with van der Waals surface area (Å²) in [5.41, 5.74) is 0. The summed E-state index contributed by atoms with van der Waals surface area (Å²) < 4.78 is 11.0. The molecule has 3 nitrogen and oxygen atoms in total. The molecule has 1 N–H and O–H groups in total. The molecule has 0 aromatic heterocycles. The first kappa shape index (κ1) is 14.9. The van der Waals surface area contributed by atoms with E-state index in [0.717, 1.165) is 38.5 Å². The molecule has 0 bridgehead atoms. The fourth-order valence-corrected chi connectivity index (χ4v) is 2.30. The van der Waals surface area contributed by atoms with E-state index in [2.05, 4.69) is 19.2 Å². The summed E-state index contributed by atoms with van der Waals surface area (Å²) in [5.74, 6) is 0.740. The van der Waals surface area contributed by atoms with Crippen LogP contribution in [0.1, 0.15) is 46.0 Å². The summed E-state index contributed by atoms with van der Waals surface area (Å²) in [7, 11) is 1.82. The van der Waals surface area contributed by atoms with Crippen LogP contribution in [0.3, 0.4) is 0 Å². The van der Waals surface area contributed by atoms with Crippen LogP contribution in [0.5, 0.6) is 0 Å². The van der Waals surface area contributed by atoms with Gasteiger partial charge in [0.15, 0.2) is 0 Å². The highest BCUT2D eigenvalue weighted by molar-refractivity contribution is 4.77. The van der Waals surface area contributed by atoms with Gasteiger partial charge in [0.25, 0.3) is 0 Å². The highest BCUT2D eigenvalue weighted by Gasteiger charge is 2.20. The Balaban J connectivity index is 1.95. The van der Waals surface area contributed by atoms with Gasteiger partial charge in [-0.15, -0.1) is 0 Å². The second kappa shape index (κ2) is 8.90. The van der Waals surface area contributed by atoms with Crippen molar-refractivity contribution in [3.05, 3.63) is 0 Å². The van der Waals surface area contributed by atoms with Crippen LogP contribution in [0, 0.1) is 5.92 Å². The van der Waals surface area contributed by atoms with Crippen LogP contribution >= 0.6 is 0 Å². The number of hydrogen-bond donors (Lipinski definition) is 1. The molecular formula is C14H29NO2. The monoisotopic (exact) mass is 243 g/mol. The molecule has 17 heavy (non-hydrogen) atoms. The lowest BCUT2D eigenvalue weighted by Gasteiger charge is -2.28. The molecule has 0 radical (unpaired) electrons. The van der Waals surface area contributed by atoms with Crippen molar-refractivity contribution >= 4 is 0 Å². The molecule has 1 rings (SSSR count). The van der Waals surface area contributed by atoms with Crippen LogP contribution in [0.2, 0.25) is 0 Å². The molecule has 1 saturated carbocycles. The molecule has 3 heteroatoms. The Morgan fingerprint density at radius 1 is 1.24 bits per heavy atom. The van der Waals surface area contributed by atoms with Gasteiger partial charge in [-0.2, -0.15) is 0 Å². The van der Waals surface area contributed by atoms with Gasteiger partial charge >= 0.3 is 0 Å². The Morgan fingerprint density at radius 2 is 2.06 bits per heavy atom. The molecule has 102 valence electrons. The van der Waals surface area contributed by atoms with Gasteiger partial charge in [-0.3, -0.25) is 0 Å². The minimum absolute atomic E-state index is 0.461. The minimum atomic E-state index is 0.461. The number of methoxy groups -OCH3 is 1. The molecule has 1 aliphatic rings. The Morgan fingerprint density at radius 3 is 2.76 bits per heavy atom. The van der Waals surface area contributed by atoms with Gasteiger partial charge in [-0.25, -0.2) is 0 Å². The van der Waals surface area contributed by atoms with E-state index < -0.39 is 0 Å². The van der Waals surface area contributed by atoms with E-state index in [4.69, 9.17) is 9.47 Å². The Bertz CT molecular complexity index is 185. The predicted molar refractivity (Wildman–Crippen MR) is 71.3 cm³/mol. The third-order valence-electron chi connectivity index (χ3n) is 3.48. The maximum Gasteiger partial charge on any atom is 0.0591 e. The van der Waals surface area contributed by atoms with Crippen molar-refractivity contribution < 1.29 is 9.47 Å². The molecule has 0 heterocycles. The lowest BCUT2D eigenvalue weighted by atomic mass is 9.93. The van der Waals surface area contributed by atoms with Crippen molar-refractivity contribution in [3.63, 3.8) is 0 Å². The minimum Gasteiger partial charge on any atom is -0.381 e. The zero-order valence-corrected chi connectivity index (χ0v) is 11.7. The van der Waals surface area contributed by atoms with Crippen molar-refractivity contribution in [2.45, 2.75) is 58.1 Å². The van der Waals surface area contributed by atoms with Crippen molar-refractivity contribution in [1.29, 1.82) is 0 Å². The Kier molecular flexibility index (Phi) is 7.82. The fourth-order valence-electron chi connectivity index (χ4n) is 2.30. The van der Waals surface area contributed by atoms with Crippen molar-refractivity contribution in [2.24, 2.45) is 5.92 Å². The third kappa shape index (κ3) is 7.02. The molecule has 2 unspecified atom stereocenters. The van der Waals surface area contributed by atoms with E-state index in [9.17, 15) is 0 Å². The number of hydrogen-bond acceptors (Lipinski definition) is 3. The van der Waals surface area contributed by atoms with E-state index in [0.29, 0.717) is 12.1 Å². The zero-order valence-electron chi connectivity index (χ0n) is 11.7. The van der Waals surface area contributed by atoms with E-state index >= 15 is 0 Å². The first-order valence-electron chi connectivity index (χ1n) is 7.06. The van der Waals surface area contributed by atoms with Gasteiger partial charge in [0.05, 0.1) is 12.7 Å². The van der Waals surface area contributed by atoms with Crippen molar-refractivity contribution in [1.82, 2.24) is 5.32 Å². The van der Waals surface area contributed by atoms with Gasteiger partial charge in [0.1, 0.15) is 0 Å². The summed E-state index contributed by atoms with van der Waals surface area (Å²) in [4.78, 5) is 0. The molecule has 0 amide bonds. The van der Waals surface area contributed by atoms with Crippen molar-refractivity contribution in [2.75, 3.05) is 26.9 Å². The zero-order chi connectivity index (χ0) is 12.5. The van der Waals surface area contributed by atoms with Crippen molar-refractivity contribution in [3.8, 4) is 0 Å². The summed E-state index contributed by atoms with van der Waals surface area (Å²) >= 11 is 0. The fraction of sp³-hybridized carbons (Fsp3) is 1.00. The number of rotatable bonds is 8. The highest BCUT2D eigenvalue weighted by atomic mass is 16.5. The third-order valence-corrected chi connectivity index (χ3v) is 3.48. The molecule has 1 aliphatic carbocycles. The summed E-state index contributed by atoms with van der Waals surface area (Å²) in [6.07, 6.45) is 6.57. The van der Waals surface area contributed by atoms with Gasteiger partial charge in [-0.1, -0.05) is 13.8 Å². The van der Waals surface area contributed by atoms with E-state index in [1.165, 1.54) is 19.3 Å². The smallest absolute Gasteiger partial charge is 0.0591 e. The molecule has 0 aromatic carbocycles. The van der Waals surface area contributed by atoms with Crippen LogP contribution < -0.4 is 5.32 Å². The standard InChI is InChI=1S/C14H29NO2/c1-12(2)7-9-17-10-8-15-13-5-4-6-14(11-13)16-3/h12-15H,4-11H2,1-3H3. The normalized spacial score (nSPS) is 25.4. The molecule has 2 atom stereocenters. The maximum absolute atomic E-state index is 5.59. The first-order valence-corrected chi connectivity index (χ1v) is 7.06. The topological polar surface area (TPSA) is 30.5 Å². The summed E-state index contributed by atoms with van der Waals surface area (Å²) in [6, 6.07) is 0.627. The highest BCUT2D eigenvalue weighted by Crippen LogP contribution is 2.20. The van der Waals surface area contributed by atoms with E-state index in [-0.39, 0.29) is 0 Å². The largest absolute Gasteiger partial charge is 0.381 e. The van der Waals surface area contributed by atoms with Crippen LogP contribution in [0.4, 0.5) is 0 Å². The molecule has 0 aromatic rings. The number of ether oxygens (including phenoxy) is 2. The van der Waals surface area contributed by atoms with E-state index in [1.807, 2.05) is 7.11 Å². The van der Waals surface area contributed by atoms with Gasteiger partial charge in [0, 0.05) is 26.3 Å². The van der Waals surface area contributed by atoms with Gasteiger partial charge in [-0.05, 0) is 38.0 Å². The van der Waals surface area contributed by atoms with E-state index in [1.54, 1.807) is 0 Å². The second-order valence-electron chi connectivity index (χ2n) is 5.47. The summed E-state index contributed by atoms with van der Waals surface area (Å²) in [6.45, 7) is 7.16. The molecule has 0 spiro atoms. The molecule has 0 saturated heterocycles. The lowest BCUT2D eigenvalue weighted by Crippen LogP contribution is -2.38. The quantitative estimate of drug-likeness (QED) is 0.665. The predicted octanol–water partition coefficient (Wildman–Crippen LogP) is 2.60. The Labute approximate surface area is 106 Å². The number of nitrogens with one attached hydrogen (secondary N) is 1. The molecule has 1 fully saturated rings. The van der Waals surface area contributed by atoms with Gasteiger partial charge < -0.3 is 14.8 Å². The average Bonchev–Trinajstić information content (AvgIpc) is 2.33. The Hall–Kier alpha value is -0.120. The van der Waals surface area contributed by atoms with Crippen LogP contribution in [0.15, 0.2) is 0 Å². The van der Waals surface area contributed by atoms with Crippen LogP contribution in [0.25, 0.3) is 0 Å². The summed E-state index contributed by atoms with van der Waals surface area (Å²) in [5, 5.41) is 3.57. The van der Waals surface area contributed by atoms with Crippen LogP contribution in [-0.4, -0.2) is 39.0 Å². The molecule has 0 aliphatic heterocycles.